The molecular weight excluding hydrogens is 454 g/mol. The Morgan fingerprint density at radius 1 is 0.879 bits per heavy atom. The van der Waals surface area contributed by atoms with Crippen molar-refractivity contribution in [2.45, 2.75) is 4.90 Å². The molecule has 1 heterocycles. The van der Waals surface area contributed by atoms with Crippen LogP contribution in [-0.4, -0.2) is 56.0 Å². The third kappa shape index (κ3) is 6.13. The Labute approximate surface area is 189 Å². The number of carbonyl (C=O) groups is 2. The molecule has 0 atom stereocenters. The van der Waals surface area contributed by atoms with Crippen molar-refractivity contribution >= 4 is 27.8 Å². The average Bonchev–Trinajstić information content (AvgIpc) is 2.82. The van der Waals surface area contributed by atoms with E-state index in [0.29, 0.717) is 5.56 Å². The van der Waals surface area contributed by atoms with E-state index in [9.17, 15) is 18.0 Å². The highest BCUT2D eigenvalue weighted by Crippen LogP contribution is 2.23. The number of methoxy groups -OCH3 is 2. The highest BCUT2D eigenvalue weighted by atomic mass is 32.2. The van der Waals surface area contributed by atoms with Crippen LogP contribution in [0.1, 0.15) is 10.4 Å². The zero-order chi connectivity index (χ0) is 23.8. The van der Waals surface area contributed by atoms with Gasteiger partial charge in [0, 0.05) is 5.56 Å². The molecule has 0 spiro atoms. The molecule has 1 aromatic heterocycles. The largest absolute Gasteiger partial charge is 0.484 e. The van der Waals surface area contributed by atoms with Crippen molar-refractivity contribution in [1.29, 1.82) is 0 Å². The molecule has 0 aliphatic rings. The minimum atomic E-state index is -4.39. The quantitative estimate of drug-likeness (QED) is 0.438. The zero-order valence-corrected chi connectivity index (χ0v) is 18.3. The Balaban J connectivity index is 1.72. The molecular formula is C20H19N5O7S. The molecule has 33 heavy (non-hydrogen) atoms. The molecule has 172 valence electrons. The van der Waals surface area contributed by atoms with E-state index in [0.717, 1.165) is 0 Å². The molecule has 2 aromatic carbocycles. The van der Waals surface area contributed by atoms with Gasteiger partial charge >= 0.3 is 18.1 Å². The number of ether oxygens (including phenoxy) is 3. The number of amides is 2. The van der Waals surface area contributed by atoms with Gasteiger partial charge in [-0.25, -0.2) is 17.9 Å². The molecule has 0 saturated heterocycles. The minimum absolute atomic E-state index is 0.106. The van der Waals surface area contributed by atoms with E-state index < -0.39 is 22.7 Å². The van der Waals surface area contributed by atoms with Crippen LogP contribution in [0.4, 0.5) is 10.7 Å². The molecule has 2 N–H and O–H groups in total. The first kappa shape index (κ1) is 23.4. The van der Waals surface area contributed by atoms with Gasteiger partial charge in [-0.15, -0.1) is 4.98 Å². The number of sulfonamides is 1. The summed E-state index contributed by atoms with van der Waals surface area (Å²) in [6, 6.07) is 12.5. The number of ketones is 1. The Bertz CT molecular complexity index is 1230. The van der Waals surface area contributed by atoms with Gasteiger partial charge in [-0.1, -0.05) is 42.5 Å². The van der Waals surface area contributed by atoms with E-state index in [-0.39, 0.29) is 34.4 Å². The Hall–Kier alpha value is -4.26. The first-order valence-electron chi connectivity index (χ1n) is 9.30. The molecule has 0 radical (unpaired) electrons. The molecule has 13 heteroatoms. The summed E-state index contributed by atoms with van der Waals surface area (Å²) in [7, 11) is -1.80. The summed E-state index contributed by atoms with van der Waals surface area (Å²) in [6.07, 6.45) is 0. The number of para-hydroxylation sites is 1. The maximum absolute atomic E-state index is 12.8. The number of aromatic nitrogens is 3. The molecule has 3 rings (SSSR count). The van der Waals surface area contributed by atoms with Gasteiger partial charge < -0.3 is 14.2 Å². The van der Waals surface area contributed by atoms with Crippen LogP contribution in [0.15, 0.2) is 59.5 Å². The molecule has 0 saturated carbocycles. The number of nitrogens with one attached hydrogen (secondary N) is 2. The highest BCUT2D eigenvalue weighted by molar-refractivity contribution is 7.90. The number of anilines is 1. The molecule has 2 amide bonds. The molecule has 0 bridgehead atoms. The lowest BCUT2D eigenvalue weighted by molar-refractivity contribution is 0.0919. The molecule has 0 unspecified atom stereocenters. The van der Waals surface area contributed by atoms with Crippen molar-refractivity contribution in [3.05, 3.63) is 60.2 Å². The Morgan fingerprint density at radius 3 is 2.12 bits per heavy atom. The number of carbonyl (C=O) groups excluding carboxylic acids is 2. The van der Waals surface area contributed by atoms with E-state index in [1.807, 2.05) is 4.72 Å². The van der Waals surface area contributed by atoms with Gasteiger partial charge in [-0.05, 0) is 12.1 Å². The lowest BCUT2D eigenvalue weighted by Crippen LogP contribution is -2.35. The van der Waals surface area contributed by atoms with Crippen LogP contribution in [0.3, 0.4) is 0 Å². The fourth-order valence-corrected chi connectivity index (χ4v) is 3.58. The monoisotopic (exact) mass is 473 g/mol. The summed E-state index contributed by atoms with van der Waals surface area (Å²) in [4.78, 5) is 35.6. The fourth-order valence-electron chi connectivity index (χ4n) is 2.52. The van der Waals surface area contributed by atoms with Crippen LogP contribution >= 0.6 is 0 Å². The van der Waals surface area contributed by atoms with Crippen LogP contribution in [0, 0.1) is 0 Å². The van der Waals surface area contributed by atoms with Gasteiger partial charge in [-0.2, -0.15) is 9.97 Å². The lowest BCUT2D eigenvalue weighted by atomic mass is 10.1. The summed E-state index contributed by atoms with van der Waals surface area (Å²) in [5, 5.41) is 2.16. The zero-order valence-electron chi connectivity index (χ0n) is 17.5. The van der Waals surface area contributed by atoms with Crippen LogP contribution in [0.5, 0.6) is 17.8 Å². The first-order chi connectivity index (χ1) is 15.8. The van der Waals surface area contributed by atoms with Crippen molar-refractivity contribution in [2.75, 3.05) is 26.1 Å². The van der Waals surface area contributed by atoms with Crippen LogP contribution < -0.4 is 24.2 Å². The number of nitrogens with zero attached hydrogens (tertiary/aromatic N) is 3. The Morgan fingerprint density at radius 2 is 1.48 bits per heavy atom. The average molecular weight is 473 g/mol. The number of benzene rings is 2. The smallest absolute Gasteiger partial charge is 0.335 e. The molecule has 3 aromatic rings. The number of Topliss-reactive ketones (excluding diaryl/α,β-unsaturated/α-hetero) is 1. The van der Waals surface area contributed by atoms with Gasteiger partial charge in [0.1, 0.15) is 10.6 Å². The highest BCUT2D eigenvalue weighted by Gasteiger charge is 2.23. The third-order valence-corrected chi connectivity index (χ3v) is 5.38. The summed E-state index contributed by atoms with van der Waals surface area (Å²) < 4.78 is 42.5. The van der Waals surface area contributed by atoms with Crippen molar-refractivity contribution < 1.29 is 32.2 Å². The van der Waals surface area contributed by atoms with E-state index in [1.165, 1.54) is 38.5 Å². The predicted octanol–water partition coefficient (Wildman–Crippen LogP) is 1.66. The maximum Gasteiger partial charge on any atom is 0.335 e. The first-order valence-corrected chi connectivity index (χ1v) is 10.8. The van der Waals surface area contributed by atoms with Gasteiger partial charge in [0.25, 0.3) is 10.0 Å². The summed E-state index contributed by atoms with van der Waals surface area (Å²) in [6.45, 7) is -0.396. The van der Waals surface area contributed by atoms with Crippen molar-refractivity contribution in [2.24, 2.45) is 0 Å². The standard InChI is InChI=1S/C20H19N5O7S/c1-30-19-22-17(23-20(24-19)31-2)21-18(27)25-33(28,29)16-11-7-6-10-15(16)32-12-14(26)13-8-4-3-5-9-13/h3-11H,12H2,1-2H3,(H2,21,22,23,24,25,27). The number of hydrogen-bond acceptors (Lipinski definition) is 10. The van der Waals surface area contributed by atoms with Gasteiger partial charge in [0.15, 0.2) is 12.4 Å². The van der Waals surface area contributed by atoms with Crippen LogP contribution in [-0.2, 0) is 10.0 Å². The number of rotatable bonds is 9. The van der Waals surface area contributed by atoms with E-state index in [2.05, 4.69) is 20.3 Å². The summed E-state index contributed by atoms with van der Waals surface area (Å²) >= 11 is 0. The van der Waals surface area contributed by atoms with Crippen LogP contribution in [0.25, 0.3) is 0 Å². The van der Waals surface area contributed by atoms with Crippen LogP contribution in [0.2, 0.25) is 0 Å². The van der Waals surface area contributed by atoms with E-state index in [1.54, 1.807) is 30.3 Å². The van der Waals surface area contributed by atoms with Crippen molar-refractivity contribution in [1.82, 2.24) is 19.7 Å². The molecule has 0 aliphatic carbocycles. The van der Waals surface area contributed by atoms with E-state index >= 15 is 0 Å². The topological polar surface area (TPSA) is 159 Å². The second-order valence-corrected chi connectivity index (χ2v) is 7.87. The second kappa shape index (κ2) is 10.4. The molecule has 0 fully saturated rings. The normalized spacial score (nSPS) is 10.7. The minimum Gasteiger partial charge on any atom is -0.484 e. The molecule has 12 nitrogen and oxygen atoms in total. The second-order valence-electron chi connectivity index (χ2n) is 6.22. The maximum atomic E-state index is 12.8. The number of hydrogen-bond donors (Lipinski definition) is 2. The third-order valence-electron chi connectivity index (χ3n) is 4.01. The van der Waals surface area contributed by atoms with Crippen molar-refractivity contribution in [3.63, 3.8) is 0 Å². The van der Waals surface area contributed by atoms with Crippen molar-refractivity contribution in [3.8, 4) is 17.8 Å². The fraction of sp³-hybridized carbons (Fsp3) is 0.150. The van der Waals surface area contributed by atoms with E-state index in [4.69, 9.17) is 14.2 Å². The summed E-state index contributed by atoms with van der Waals surface area (Å²) in [5.74, 6) is -0.749. The Kier molecular flexibility index (Phi) is 7.35. The number of urea groups is 1. The SMILES string of the molecule is COc1nc(NC(=O)NS(=O)(=O)c2ccccc2OCC(=O)c2ccccc2)nc(OC)n1. The van der Waals surface area contributed by atoms with Gasteiger partial charge in [-0.3, -0.25) is 10.1 Å². The summed E-state index contributed by atoms with van der Waals surface area (Å²) in [5.41, 5.74) is 0.415. The predicted molar refractivity (Wildman–Crippen MR) is 115 cm³/mol. The van der Waals surface area contributed by atoms with Gasteiger partial charge in [0.05, 0.1) is 14.2 Å². The van der Waals surface area contributed by atoms with Gasteiger partial charge in [0.2, 0.25) is 5.95 Å². The molecule has 0 aliphatic heterocycles. The lowest BCUT2D eigenvalue weighted by Gasteiger charge is -2.13.